The van der Waals surface area contributed by atoms with Gasteiger partial charge in [0, 0.05) is 21.3 Å². The minimum atomic E-state index is -2.93. The molecule has 1 aromatic rings. The third-order valence-electron chi connectivity index (χ3n) is 2.93. The molecule has 1 unspecified atom stereocenters. The number of benzene rings is 1. The molecule has 0 radical (unpaired) electrons. The summed E-state index contributed by atoms with van der Waals surface area (Å²) in [5, 5.41) is 0.607. The molecule has 1 aromatic carbocycles. The van der Waals surface area contributed by atoms with Gasteiger partial charge in [0.1, 0.15) is 9.84 Å². The van der Waals surface area contributed by atoms with Gasteiger partial charge in [-0.25, -0.2) is 8.42 Å². The van der Waals surface area contributed by atoms with Crippen LogP contribution >= 0.6 is 27.5 Å². The fourth-order valence-corrected chi connectivity index (χ4v) is 3.46. The van der Waals surface area contributed by atoms with Gasteiger partial charge in [0.15, 0.2) is 0 Å². The highest BCUT2D eigenvalue weighted by molar-refractivity contribution is 9.10. The van der Waals surface area contributed by atoms with Crippen molar-refractivity contribution < 1.29 is 8.42 Å². The van der Waals surface area contributed by atoms with E-state index in [2.05, 4.69) is 21.4 Å². The van der Waals surface area contributed by atoms with Crippen LogP contribution in [0.25, 0.3) is 0 Å². The normalized spacial score (nSPS) is 13.5. The Bertz CT molecular complexity index is 522. The zero-order valence-corrected chi connectivity index (χ0v) is 13.9. The standard InChI is InChI=1S/C12H18BrClN2O2S/c1-2-19(17,18)7-3-4-12(16-15)10-6-5-9(13)8-11(10)14/h5-6,8,12,16H,2-4,7,15H2,1H3. The Morgan fingerprint density at radius 3 is 2.68 bits per heavy atom. The number of hydrazine groups is 1. The lowest BCUT2D eigenvalue weighted by Crippen LogP contribution is -2.28. The summed E-state index contributed by atoms with van der Waals surface area (Å²) in [6, 6.07) is 5.41. The third kappa shape index (κ3) is 5.39. The molecular weight excluding hydrogens is 352 g/mol. The smallest absolute Gasteiger partial charge is 0.150 e. The van der Waals surface area contributed by atoms with E-state index in [9.17, 15) is 8.42 Å². The van der Waals surface area contributed by atoms with Crippen LogP contribution < -0.4 is 11.3 Å². The van der Waals surface area contributed by atoms with Crippen LogP contribution in [0.4, 0.5) is 0 Å². The topological polar surface area (TPSA) is 72.2 Å². The van der Waals surface area contributed by atoms with Gasteiger partial charge in [-0.1, -0.05) is 40.5 Å². The predicted octanol–water partition coefficient (Wildman–Crippen LogP) is 2.82. The summed E-state index contributed by atoms with van der Waals surface area (Å²) in [5.41, 5.74) is 3.56. The first-order chi connectivity index (χ1) is 8.89. The van der Waals surface area contributed by atoms with E-state index < -0.39 is 9.84 Å². The lowest BCUT2D eigenvalue weighted by molar-refractivity contribution is 0.507. The predicted molar refractivity (Wildman–Crippen MR) is 82.8 cm³/mol. The largest absolute Gasteiger partial charge is 0.271 e. The maximum Gasteiger partial charge on any atom is 0.150 e. The van der Waals surface area contributed by atoms with Crippen LogP contribution in [0, 0.1) is 0 Å². The zero-order chi connectivity index (χ0) is 14.5. The average molecular weight is 370 g/mol. The van der Waals surface area contributed by atoms with Crippen LogP contribution in [-0.2, 0) is 9.84 Å². The molecule has 19 heavy (non-hydrogen) atoms. The molecule has 0 aliphatic heterocycles. The van der Waals surface area contributed by atoms with Gasteiger partial charge in [-0.05, 0) is 30.5 Å². The Kier molecular flexibility index (Phi) is 6.76. The molecule has 108 valence electrons. The van der Waals surface area contributed by atoms with Crippen molar-refractivity contribution in [1.29, 1.82) is 0 Å². The first kappa shape index (κ1) is 16.9. The Hall–Kier alpha value is -0.140. The van der Waals surface area contributed by atoms with E-state index in [0.29, 0.717) is 17.9 Å². The number of hydrogen-bond donors (Lipinski definition) is 2. The van der Waals surface area contributed by atoms with Crippen molar-refractivity contribution >= 4 is 37.4 Å². The van der Waals surface area contributed by atoms with Crippen molar-refractivity contribution in [2.75, 3.05) is 11.5 Å². The van der Waals surface area contributed by atoms with Gasteiger partial charge >= 0.3 is 0 Å². The second-order valence-electron chi connectivity index (χ2n) is 4.26. The second-order valence-corrected chi connectivity index (χ2v) is 8.06. The molecule has 0 aliphatic rings. The highest BCUT2D eigenvalue weighted by atomic mass is 79.9. The molecular formula is C12H18BrClN2O2S. The first-order valence-electron chi connectivity index (χ1n) is 6.01. The average Bonchev–Trinajstić information content (AvgIpc) is 2.36. The molecule has 1 rings (SSSR count). The fraction of sp³-hybridized carbons (Fsp3) is 0.500. The van der Waals surface area contributed by atoms with E-state index in [1.54, 1.807) is 13.0 Å². The molecule has 0 bridgehead atoms. The Labute approximate surface area is 127 Å². The SMILES string of the molecule is CCS(=O)(=O)CCCC(NN)c1ccc(Br)cc1Cl. The van der Waals surface area contributed by atoms with Crippen molar-refractivity contribution in [2.24, 2.45) is 5.84 Å². The Morgan fingerprint density at radius 2 is 2.16 bits per heavy atom. The summed E-state index contributed by atoms with van der Waals surface area (Å²) in [4.78, 5) is 0. The van der Waals surface area contributed by atoms with Gasteiger partial charge in [-0.15, -0.1) is 0 Å². The first-order valence-corrected chi connectivity index (χ1v) is 9.00. The van der Waals surface area contributed by atoms with Crippen LogP contribution in [0.1, 0.15) is 31.4 Å². The van der Waals surface area contributed by atoms with E-state index in [0.717, 1.165) is 10.0 Å². The van der Waals surface area contributed by atoms with Gasteiger partial charge in [-0.3, -0.25) is 11.3 Å². The molecule has 0 spiro atoms. The number of hydrogen-bond acceptors (Lipinski definition) is 4. The van der Waals surface area contributed by atoms with Crippen molar-refractivity contribution in [3.05, 3.63) is 33.3 Å². The van der Waals surface area contributed by atoms with E-state index in [4.69, 9.17) is 17.4 Å². The number of sulfone groups is 1. The van der Waals surface area contributed by atoms with Crippen LogP contribution in [-0.4, -0.2) is 19.9 Å². The molecule has 0 amide bonds. The van der Waals surface area contributed by atoms with Gasteiger partial charge in [0.2, 0.25) is 0 Å². The minimum Gasteiger partial charge on any atom is -0.271 e. The zero-order valence-electron chi connectivity index (χ0n) is 10.7. The molecule has 4 nitrogen and oxygen atoms in total. The fourth-order valence-electron chi connectivity index (χ4n) is 1.76. The van der Waals surface area contributed by atoms with Crippen molar-refractivity contribution in [2.45, 2.75) is 25.8 Å². The van der Waals surface area contributed by atoms with Crippen LogP contribution in [0.2, 0.25) is 5.02 Å². The number of nitrogens with one attached hydrogen (secondary N) is 1. The van der Waals surface area contributed by atoms with Crippen LogP contribution in [0.3, 0.4) is 0 Å². The van der Waals surface area contributed by atoms with E-state index in [1.165, 1.54) is 0 Å². The number of nitrogens with two attached hydrogens (primary N) is 1. The van der Waals surface area contributed by atoms with Crippen molar-refractivity contribution in [1.82, 2.24) is 5.43 Å². The molecule has 0 saturated heterocycles. The summed E-state index contributed by atoms with van der Waals surface area (Å²) in [7, 11) is -2.93. The molecule has 0 fully saturated rings. The monoisotopic (exact) mass is 368 g/mol. The quantitative estimate of drug-likeness (QED) is 0.572. The highest BCUT2D eigenvalue weighted by Gasteiger charge is 2.15. The summed E-state index contributed by atoms with van der Waals surface area (Å²) in [6.45, 7) is 1.65. The molecule has 7 heteroatoms. The maximum atomic E-state index is 11.4. The molecule has 0 heterocycles. The molecule has 0 aliphatic carbocycles. The Balaban J connectivity index is 2.68. The van der Waals surface area contributed by atoms with Gasteiger partial charge in [0.05, 0.1) is 5.75 Å². The highest BCUT2D eigenvalue weighted by Crippen LogP contribution is 2.28. The Morgan fingerprint density at radius 1 is 1.47 bits per heavy atom. The van der Waals surface area contributed by atoms with E-state index in [1.807, 2.05) is 12.1 Å². The minimum absolute atomic E-state index is 0.146. The van der Waals surface area contributed by atoms with Crippen molar-refractivity contribution in [3.8, 4) is 0 Å². The molecule has 0 saturated carbocycles. The number of halogens is 2. The summed E-state index contributed by atoms with van der Waals surface area (Å²) in [6.07, 6.45) is 1.18. The van der Waals surface area contributed by atoms with E-state index >= 15 is 0 Å². The lowest BCUT2D eigenvalue weighted by atomic mass is 10.0. The molecule has 0 aromatic heterocycles. The van der Waals surface area contributed by atoms with Crippen LogP contribution in [0.15, 0.2) is 22.7 Å². The van der Waals surface area contributed by atoms with Gasteiger partial charge in [0.25, 0.3) is 0 Å². The number of rotatable bonds is 7. The summed E-state index contributed by atoms with van der Waals surface area (Å²) < 4.78 is 23.8. The van der Waals surface area contributed by atoms with Gasteiger partial charge < -0.3 is 0 Å². The third-order valence-corrected chi connectivity index (χ3v) is 5.54. The van der Waals surface area contributed by atoms with Crippen molar-refractivity contribution in [3.63, 3.8) is 0 Å². The molecule has 3 N–H and O–H groups in total. The second kappa shape index (κ2) is 7.59. The molecule has 1 atom stereocenters. The van der Waals surface area contributed by atoms with Gasteiger partial charge in [-0.2, -0.15) is 0 Å². The van der Waals surface area contributed by atoms with E-state index in [-0.39, 0.29) is 17.5 Å². The lowest BCUT2D eigenvalue weighted by Gasteiger charge is -2.17. The van der Waals surface area contributed by atoms with Crippen LogP contribution in [0.5, 0.6) is 0 Å². The summed E-state index contributed by atoms with van der Waals surface area (Å²) in [5.74, 6) is 5.87. The summed E-state index contributed by atoms with van der Waals surface area (Å²) >= 11 is 9.50. The maximum absolute atomic E-state index is 11.4.